The van der Waals surface area contributed by atoms with E-state index in [2.05, 4.69) is 13.0 Å². The first-order valence-electron chi connectivity index (χ1n) is 6.90. The molecule has 0 saturated heterocycles. The normalized spacial score (nSPS) is 12.8. The quantitative estimate of drug-likeness (QED) is 0.702. The minimum atomic E-state index is -0.662. The number of aliphatic hydroxyl groups excluding tert-OH is 1. The predicted molar refractivity (Wildman–Crippen MR) is 86.5 cm³/mol. The largest absolute Gasteiger partial charge is 0.383 e. The third-order valence-corrected chi connectivity index (χ3v) is 5.11. The molecular formula is C18H17FOS. The molecule has 0 saturated carbocycles. The predicted octanol–water partition coefficient (Wildman–Crippen LogP) is 5.05. The SMILES string of the molecule is Cc1cc(C)c(C(O)c2cc3cc(F)ccc3s2)cc1C. The second-order valence-corrected chi connectivity index (χ2v) is 6.64. The maximum Gasteiger partial charge on any atom is 0.123 e. The minimum Gasteiger partial charge on any atom is -0.383 e. The molecular weight excluding hydrogens is 283 g/mol. The van der Waals surface area contributed by atoms with Gasteiger partial charge in [-0.15, -0.1) is 11.3 Å². The summed E-state index contributed by atoms with van der Waals surface area (Å²) in [7, 11) is 0. The van der Waals surface area contributed by atoms with Crippen LogP contribution < -0.4 is 0 Å². The summed E-state index contributed by atoms with van der Waals surface area (Å²) in [5.41, 5.74) is 4.39. The zero-order valence-corrected chi connectivity index (χ0v) is 13.1. The van der Waals surface area contributed by atoms with Gasteiger partial charge in [0, 0.05) is 9.58 Å². The zero-order chi connectivity index (χ0) is 15.1. The molecule has 1 unspecified atom stereocenters. The number of hydrogen-bond donors (Lipinski definition) is 1. The van der Waals surface area contributed by atoms with Gasteiger partial charge in [-0.05, 0) is 72.7 Å². The van der Waals surface area contributed by atoms with E-state index >= 15 is 0 Å². The van der Waals surface area contributed by atoms with Crippen LogP contribution in [-0.4, -0.2) is 5.11 Å². The maximum atomic E-state index is 13.3. The lowest BCUT2D eigenvalue weighted by Crippen LogP contribution is -2.01. The molecule has 1 nitrogen and oxygen atoms in total. The lowest BCUT2D eigenvalue weighted by molar-refractivity contribution is 0.223. The number of halogens is 1. The van der Waals surface area contributed by atoms with Gasteiger partial charge in [0.2, 0.25) is 0 Å². The molecule has 1 aromatic heterocycles. The van der Waals surface area contributed by atoms with E-state index in [-0.39, 0.29) is 5.82 Å². The highest BCUT2D eigenvalue weighted by Crippen LogP contribution is 2.35. The van der Waals surface area contributed by atoms with Crippen LogP contribution in [0, 0.1) is 26.6 Å². The third-order valence-electron chi connectivity index (χ3n) is 3.94. The van der Waals surface area contributed by atoms with Crippen molar-refractivity contribution in [2.24, 2.45) is 0 Å². The Kier molecular flexibility index (Phi) is 3.56. The van der Waals surface area contributed by atoms with Crippen molar-refractivity contribution >= 4 is 21.4 Å². The molecule has 0 amide bonds. The number of aryl methyl sites for hydroxylation is 3. The monoisotopic (exact) mass is 300 g/mol. The van der Waals surface area contributed by atoms with Crippen LogP contribution in [0.3, 0.4) is 0 Å². The van der Waals surface area contributed by atoms with Crippen molar-refractivity contribution in [3.05, 3.63) is 69.3 Å². The van der Waals surface area contributed by atoms with Gasteiger partial charge in [-0.2, -0.15) is 0 Å². The molecule has 1 N–H and O–H groups in total. The minimum absolute atomic E-state index is 0.247. The van der Waals surface area contributed by atoms with Gasteiger partial charge in [0.1, 0.15) is 11.9 Å². The number of hydrogen-bond acceptors (Lipinski definition) is 2. The van der Waals surface area contributed by atoms with Gasteiger partial charge in [0.05, 0.1) is 0 Å². The van der Waals surface area contributed by atoms with Crippen LogP contribution in [0.1, 0.15) is 33.2 Å². The summed E-state index contributed by atoms with van der Waals surface area (Å²) in [5.74, 6) is -0.247. The van der Waals surface area contributed by atoms with Crippen LogP contribution in [-0.2, 0) is 0 Å². The van der Waals surface area contributed by atoms with Crippen molar-refractivity contribution in [2.45, 2.75) is 26.9 Å². The highest BCUT2D eigenvalue weighted by molar-refractivity contribution is 7.19. The van der Waals surface area contributed by atoms with E-state index in [1.165, 1.54) is 34.6 Å². The summed E-state index contributed by atoms with van der Waals surface area (Å²) < 4.78 is 14.3. The van der Waals surface area contributed by atoms with Crippen molar-refractivity contribution in [3.8, 4) is 0 Å². The van der Waals surface area contributed by atoms with Crippen LogP contribution in [0.4, 0.5) is 4.39 Å². The fraction of sp³-hybridized carbons (Fsp3) is 0.222. The second kappa shape index (κ2) is 5.24. The van der Waals surface area contributed by atoms with Crippen LogP contribution in [0.25, 0.3) is 10.1 Å². The molecule has 3 heteroatoms. The first kappa shape index (κ1) is 14.2. The van der Waals surface area contributed by atoms with E-state index in [9.17, 15) is 9.50 Å². The molecule has 3 rings (SSSR count). The van der Waals surface area contributed by atoms with Crippen molar-refractivity contribution in [2.75, 3.05) is 0 Å². The Morgan fingerprint density at radius 2 is 1.67 bits per heavy atom. The van der Waals surface area contributed by atoms with Gasteiger partial charge in [-0.1, -0.05) is 12.1 Å². The van der Waals surface area contributed by atoms with Crippen molar-refractivity contribution in [1.29, 1.82) is 0 Å². The van der Waals surface area contributed by atoms with Crippen LogP contribution >= 0.6 is 11.3 Å². The van der Waals surface area contributed by atoms with Crippen molar-refractivity contribution in [3.63, 3.8) is 0 Å². The summed E-state index contributed by atoms with van der Waals surface area (Å²) in [5, 5.41) is 11.5. The molecule has 108 valence electrons. The van der Waals surface area contributed by atoms with E-state index in [0.717, 1.165) is 26.1 Å². The van der Waals surface area contributed by atoms with Crippen LogP contribution in [0.15, 0.2) is 36.4 Å². The fourth-order valence-corrected chi connectivity index (χ4v) is 3.65. The molecule has 0 bridgehead atoms. The van der Waals surface area contributed by atoms with Gasteiger partial charge in [-0.25, -0.2) is 4.39 Å². The number of thiophene rings is 1. The van der Waals surface area contributed by atoms with E-state index in [4.69, 9.17) is 0 Å². The molecule has 21 heavy (non-hydrogen) atoms. The molecule has 0 radical (unpaired) electrons. The Morgan fingerprint density at radius 1 is 0.952 bits per heavy atom. The summed E-state index contributed by atoms with van der Waals surface area (Å²) in [6.07, 6.45) is -0.662. The molecule has 0 spiro atoms. The number of aliphatic hydroxyl groups is 1. The number of rotatable bonds is 2. The molecule has 1 heterocycles. The highest BCUT2D eigenvalue weighted by Gasteiger charge is 2.17. The first-order valence-corrected chi connectivity index (χ1v) is 7.72. The average molecular weight is 300 g/mol. The Bertz CT molecular complexity index is 819. The number of benzene rings is 2. The van der Waals surface area contributed by atoms with Crippen molar-refractivity contribution in [1.82, 2.24) is 0 Å². The number of fused-ring (bicyclic) bond motifs is 1. The molecule has 0 aliphatic carbocycles. The lowest BCUT2D eigenvalue weighted by Gasteiger charge is -2.14. The molecule has 0 aliphatic heterocycles. The average Bonchev–Trinajstić information content (AvgIpc) is 2.85. The van der Waals surface area contributed by atoms with E-state index in [1.54, 1.807) is 6.07 Å². The van der Waals surface area contributed by atoms with Gasteiger partial charge in [0.25, 0.3) is 0 Å². The van der Waals surface area contributed by atoms with Gasteiger partial charge in [0.15, 0.2) is 0 Å². The fourth-order valence-electron chi connectivity index (χ4n) is 2.60. The molecule has 1 atom stereocenters. The van der Waals surface area contributed by atoms with E-state index in [1.807, 2.05) is 26.0 Å². The molecule has 3 aromatic rings. The van der Waals surface area contributed by atoms with Gasteiger partial charge < -0.3 is 5.11 Å². The Balaban J connectivity index is 2.07. The Labute approximate surface area is 127 Å². The summed E-state index contributed by atoms with van der Waals surface area (Å²) in [6.45, 7) is 6.13. The van der Waals surface area contributed by atoms with E-state index in [0.29, 0.717) is 0 Å². The molecule has 0 aliphatic rings. The van der Waals surface area contributed by atoms with Crippen LogP contribution in [0.2, 0.25) is 0 Å². The summed E-state index contributed by atoms with van der Waals surface area (Å²) >= 11 is 1.51. The zero-order valence-electron chi connectivity index (χ0n) is 12.3. The lowest BCUT2D eigenvalue weighted by atomic mass is 9.96. The summed E-state index contributed by atoms with van der Waals surface area (Å²) in [6, 6.07) is 10.7. The maximum absolute atomic E-state index is 13.3. The highest BCUT2D eigenvalue weighted by atomic mass is 32.1. The standard InChI is InChI=1S/C18H17FOS/c1-10-6-12(3)15(7-11(10)2)18(20)17-9-13-8-14(19)4-5-16(13)21-17/h4-9,18,20H,1-3H3. The van der Waals surface area contributed by atoms with Crippen LogP contribution in [0.5, 0.6) is 0 Å². The Hall–Kier alpha value is -1.71. The van der Waals surface area contributed by atoms with Crippen molar-refractivity contribution < 1.29 is 9.50 Å². The summed E-state index contributed by atoms with van der Waals surface area (Å²) in [4.78, 5) is 0.849. The van der Waals surface area contributed by atoms with Gasteiger partial charge >= 0.3 is 0 Å². The smallest absolute Gasteiger partial charge is 0.123 e. The molecule has 0 fully saturated rings. The van der Waals surface area contributed by atoms with E-state index < -0.39 is 6.10 Å². The topological polar surface area (TPSA) is 20.2 Å². The first-order chi connectivity index (χ1) is 9.95. The van der Waals surface area contributed by atoms with Gasteiger partial charge in [-0.3, -0.25) is 0 Å². The second-order valence-electron chi connectivity index (χ2n) is 5.53. The third kappa shape index (κ3) is 2.59. The Morgan fingerprint density at radius 3 is 2.43 bits per heavy atom. The molecule has 2 aromatic carbocycles.